The summed E-state index contributed by atoms with van der Waals surface area (Å²) in [6.07, 6.45) is 0.893. The molecule has 1 aromatic rings. The molecule has 0 saturated carbocycles. The SMILES string of the molecule is CCCN(CC(C)(C)CN)C(=O)c1cccc(C#N)c1. The minimum Gasteiger partial charge on any atom is -0.338 e. The molecule has 0 spiro atoms. The molecular formula is C16H23N3O. The Bertz CT molecular complexity index is 503. The van der Waals surface area contributed by atoms with Gasteiger partial charge in [-0.25, -0.2) is 0 Å². The summed E-state index contributed by atoms with van der Waals surface area (Å²) in [5.41, 5.74) is 6.71. The summed E-state index contributed by atoms with van der Waals surface area (Å²) in [6, 6.07) is 8.89. The van der Waals surface area contributed by atoms with Crippen molar-refractivity contribution in [3.05, 3.63) is 35.4 Å². The van der Waals surface area contributed by atoms with Crippen LogP contribution in [0.2, 0.25) is 0 Å². The van der Waals surface area contributed by atoms with Crippen LogP contribution in [-0.2, 0) is 0 Å². The van der Waals surface area contributed by atoms with Gasteiger partial charge in [0.15, 0.2) is 0 Å². The largest absolute Gasteiger partial charge is 0.338 e. The van der Waals surface area contributed by atoms with Crippen molar-refractivity contribution in [2.24, 2.45) is 11.1 Å². The number of rotatable bonds is 6. The Morgan fingerprint density at radius 3 is 2.70 bits per heavy atom. The van der Waals surface area contributed by atoms with Crippen molar-refractivity contribution in [2.75, 3.05) is 19.6 Å². The number of hydrogen-bond acceptors (Lipinski definition) is 3. The lowest BCUT2D eigenvalue weighted by Crippen LogP contribution is -2.42. The summed E-state index contributed by atoms with van der Waals surface area (Å²) < 4.78 is 0. The Morgan fingerprint density at radius 2 is 2.15 bits per heavy atom. The monoisotopic (exact) mass is 273 g/mol. The Morgan fingerprint density at radius 1 is 1.45 bits per heavy atom. The summed E-state index contributed by atoms with van der Waals surface area (Å²) in [6.45, 7) is 7.98. The molecule has 0 aliphatic carbocycles. The number of carbonyl (C=O) groups is 1. The number of nitrogens with zero attached hydrogens (tertiary/aromatic N) is 2. The van der Waals surface area contributed by atoms with E-state index in [1.165, 1.54) is 0 Å². The zero-order chi connectivity index (χ0) is 15.2. The Balaban J connectivity index is 2.96. The van der Waals surface area contributed by atoms with Gasteiger partial charge in [0, 0.05) is 18.7 Å². The van der Waals surface area contributed by atoms with Crippen LogP contribution in [0.1, 0.15) is 43.1 Å². The third kappa shape index (κ3) is 4.36. The van der Waals surface area contributed by atoms with E-state index in [9.17, 15) is 4.79 Å². The van der Waals surface area contributed by atoms with E-state index < -0.39 is 0 Å². The quantitative estimate of drug-likeness (QED) is 0.865. The van der Waals surface area contributed by atoms with Gasteiger partial charge >= 0.3 is 0 Å². The maximum Gasteiger partial charge on any atom is 0.253 e. The van der Waals surface area contributed by atoms with Crippen molar-refractivity contribution in [1.82, 2.24) is 4.90 Å². The molecule has 2 N–H and O–H groups in total. The van der Waals surface area contributed by atoms with Crippen LogP contribution >= 0.6 is 0 Å². The maximum atomic E-state index is 12.6. The average molecular weight is 273 g/mol. The Kier molecular flexibility index (Phi) is 5.72. The van der Waals surface area contributed by atoms with Gasteiger partial charge in [0.05, 0.1) is 11.6 Å². The molecule has 108 valence electrons. The molecule has 0 fully saturated rings. The van der Waals surface area contributed by atoms with Gasteiger partial charge < -0.3 is 10.6 Å². The standard InChI is InChI=1S/C16H23N3O/c1-4-8-19(12-16(2,3)11-18)15(20)14-7-5-6-13(9-14)10-17/h5-7,9H,4,8,11-12,18H2,1-3H3. The highest BCUT2D eigenvalue weighted by Crippen LogP contribution is 2.17. The lowest BCUT2D eigenvalue weighted by molar-refractivity contribution is 0.0689. The molecule has 4 heteroatoms. The van der Waals surface area contributed by atoms with E-state index in [0.29, 0.717) is 30.8 Å². The van der Waals surface area contributed by atoms with Gasteiger partial charge in [-0.15, -0.1) is 0 Å². The second kappa shape index (κ2) is 7.06. The van der Waals surface area contributed by atoms with Crippen LogP contribution in [0, 0.1) is 16.7 Å². The molecular weight excluding hydrogens is 250 g/mol. The van der Waals surface area contributed by atoms with Gasteiger partial charge in [0.25, 0.3) is 5.91 Å². The molecule has 0 aliphatic heterocycles. The summed E-state index contributed by atoms with van der Waals surface area (Å²) in [7, 11) is 0. The fourth-order valence-corrected chi connectivity index (χ4v) is 2.01. The molecule has 0 aromatic heterocycles. The lowest BCUT2D eigenvalue weighted by Gasteiger charge is -2.31. The average Bonchev–Trinajstić information content (AvgIpc) is 2.46. The van der Waals surface area contributed by atoms with Crippen molar-refractivity contribution in [1.29, 1.82) is 5.26 Å². The van der Waals surface area contributed by atoms with Crippen molar-refractivity contribution in [2.45, 2.75) is 27.2 Å². The highest BCUT2D eigenvalue weighted by molar-refractivity contribution is 5.94. The highest BCUT2D eigenvalue weighted by Gasteiger charge is 2.24. The number of amides is 1. The zero-order valence-electron chi connectivity index (χ0n) is 12.5. The molecule has 0 bridgehead atoms. The summed E-state index contributed by atoms with van der Waals surface area (Å²) >= 11 is 0. The van der Waals surface area contributed by atoms with Crippen molar-refractivity contribution >= 4 is 5.91 Å². The van der Waals surface area contributed by atoms with Gasteiger partial charge in [-0.3, -0.25) is 4.79 Å². The summed E-state index contributed by atoms with van der Waals surface area (Å²) in [5, 5.41) is 8.92. The number of benzene rings is 1. The van der Waals surface area contributed by atoms with Gasteiger partial charge in [-0.05, 0) is 36.6 Å². The smallest absolute Gasteiger partial charge is 0.253 e. The third-order valence-electron chi connectivity index (χ3n) is 3.19. The van der Waals surface area contributed by atoms with E-state index >= 15 is 0 Å². The molecule has 0 atom stereocenters. The second-order valence-corrected chi connectivity index (χ2v) is 5.79. The van der Waals surface area contributed by atoms with E-state index in [0.717, 1.165) is 6.42 Å². The van der Waals surface area contributed by atoms with E-state index in [2.05, 4.69) is 19.9 Å². The van der Waals surface area contributed by atoms with Crippen molar-refractivity contribution < 1.29 is 4.79 Å². The molecule has 0 saturated heterocycles. The van der Waals surface area contributed by atoms with Crippen LogP contribution in [0.4, 0.5) is 0 Å². The number of carbonyl (C=O) groups excluding carboxylic acids is 1. The number of hydrogen-bond donors (Lipinski definition) is 1. The fourth-order valence-electron chi connectivity index (χ4n) is 2.01. The predicted octanol–water partition coefficient (Wildman–Crippen LogP) is 2.40. The van der Waals surface area contributed by atoms with Gasteiger partial charge in [-0.2, -0.15) is 5.26 Å². The summed E-state index contributed by atoms with van der Waals surface area (Å²) in [4.78, 5) is 14.4. The molecule has 0 heterocycles. The van der Waals surface area contributed by atoms with Gasteiger partial charge in [0.1, 0.15) is 0 Å². The molecule has 20 heavy (non-hydrogen) atoms. The fraction of sp³-hybridized carbons (Fsp3) is 0.500. The highest BCUT2D eigenvalue weighted by atomic mass is 16.2. The van der Waals surface area contributed by atoms with Crippen LogP contribution in [0.3, 0.4) is 0 Å². The van der Waals surface area contributed by atoms with Crippen LogP contribution in [0.15, 0.2) is 24.3 Å². The zero-order valence-corrected chi connectivity index (χ0v) is 12.5. The predicted molar refractivity (Wildman–Crippen MR) is 80.2 cm³/mol. The first-order valence-electron chi connectivity index (χ1n) is 6.93. The van der Waals surface area contributed by atoms with E-state index in [4.69, 9.17) is 11.0 Å². The molecule has 1 rings (SSSR count). The summed E-state index contributed by atoms with van der Waals surface area (Å²) in [5.74, 6) is -0.0366. The molecule has 4 nitrogen and oxygen atoms in total. The van der Waals surface area contributed by atoms with Gasteiger partial charge in [-0.1, -0.05) is 26.8 Å². The maximum absolute atomic E-state index is 12.6. The minimum atomic E-state index is -0.113. The van der Waals surface area contributed by atoms with Crippen LogP contribution < -0.4 is 5.73 Å². The molecule has 0 unspecified atom stereocenters. The topological polar surface area (TPSA) is 70.1 Å². The number of nitriles is 1. The van der Waals surface area contributed by atoms with Gasteiger partial charge in [0.2, 0.25) is 0 Å². The molecule has 1 amide bonds. The first-order valence-corrected chi connectivity index (χ1v) is 6.93. The third-order valence-corrected chi connectivity index (χ3v) is 3.19. The molecule has 1 aromatic carbocycles. The minimum absolute atomic E-state index is 0.0366. The molecule has 0 aliphatic rings. The molecule has 0 radical (unpaired) electrons. The van der Waals surface area contributed by atoms with Crippen LogP contribution in [0.5, 0.6) is 0 Å². The first-order chi connectivity index (χ1) is 9.43. The van der Waals surface area contributed by atoms with E-state index in [-0.39, 0.29) is 11.3 Å². The van der Waals surface area contributed by atoms with E-state index in [1.54, 1.807) is 24.3 Å². The van der Waals surface area contributed by atoms with Crippen molar-refractivity contribution in [3.8, 4) is 6.07 Å². The second-order valence-electron chi connectivity index (χ2n) is 5.79. The number of nitrogens with two attached hydrogens (primary N) is 1. The first kappa shape index (κ1) is 16.2. The Hall–Kier alpha value is -1.86. The van der Waals surface area contributed by atoms with Crippen LogP contribution in [-0.4, -0.2) is 30.4 Å². The van der Waals surface area contributed by atoms with Crippen molar-refractivity contribution in [3.63, 3.8) is 0 Å². The normalized spacial score (nSPS) is 10.9. The van der Waals surface area contributed by atoms with E-state index in [1.807, 2.05) is 11.8 Å². The Labute approximate surface area is 121 Å². The van der Waals surface area contributed by atoms with Crippen LogP contribution in [0.25, 0.3) is 0 Å². The lowest BCUT2D eigenvalue weighted by atomic mass is 9.92.